The Balaban J connectivity index is 1.38. The highest BCUT2D eigenvalue weighted by Crippen LogP contribution is 2.37. The molecule has 3 aromatic rings. The summed E-state index contributed by atoms with van der Waals surface area (Å²) >= 11 is 1.56. The van der Waals surface area contributed by atoms with Crippen LogP contribution in [0, 0.1) is 0 Å². The second-order valence-electron chi connectivity index (χ2n) is 6.64. The van der Waals surface area contributed by atoms with E-state index < -0.39 is 0 Å². The summed E-state index contributed by atoms with van der Waals surface area (Å²) in [5.41, 5.74) is 5.63. The zero-order chi connectivity index (χ0) is 18.2. The van der Waals surface area contributed by atoms with E-state index in [1.807, 2.05) is 36.8 Å². The number of hydrogen-bond acceptors (Lipinski definition) is 7. The van der Waals surface area contributed by atoms with Gasteiger partial charge in [-0.3, -0.25) is 10.00 Å². The molecule has 2 aromatic heterocycles. The van der Waals surface area contributed by atoms with Crippen molar-refractivity contribution >= 4 is 11.8 Å². The Hall–Kier alpha value is -2.58. The Labute approximate surface area is 161 Å². The molecular formula is C19H19N5O2S. The quantitative estimate of drug-likeness (QED) is 0.550. The van der Waals surface area contributed by atoms with E-state index in [1.165, 1.54) is 11.3 Å². The van der Waals surface area contributed by atoms with Crippen LogP contribution in [-0.4, -0.2) is 44.7 Å². The van der Waals surface area contributed by atoms with Gasteiger partial charge >= 0.3 is 0 Å². The number of hydrogen-bond donors (Lipinski definition) is 1. The number of H-pyrrole nitrogens is 1. The Kier molecular flexibility index (Phi) is 4.21. The molecule has 2 aliphatic heterocycles. The number of nitrogens with zero attached hydrogens (tertiary/aromatic N) is 4. The van der Waals surface area contributed by atoms with Crippen LogP contribution in [0.2, 0.25) is 0 Å². The molecule has 5 rings (SSSR count). The van der Waals surface area contributed by atoms with Crippen molar-refractivity contribution in [2.24, 2.45) is 0 Å². The highest BCUT2D eigenvalue weighted by atomic mass is 32.2. The van der Waals surface area contributed by atoms with E-state index in [9.17, 15) is 0 Å². The number of fused-ring (bicyclic) bond motifs is 2. The molecule has 2 aliphatic rings. The molecule has 0 aliphatic carbocycles. The summed E-state index contributed by atoms with van der Waals surface area (Å²) in [6.07, 6.45) is 6.78. The summed E-state index contributed by atoms with van der Waals surface area (Å²) in [6.45, 7) is 2.95. The fourth-order valence-corrected chi connectivity index (χ4v) is 3.87. The fourth-order valence-electron chi connectivity index (χ4n) is 3.56. The van der Waals surface area contributed by atoms with Crippen molar-refractivity contribution in [1.82, 2.24) is 25.1 Å². The number of thioether (sulfide) groups is 1. The predicted octanol–water partition coefficient (Wildman–Crippen LogP) is 2.88. The van der Waals surface area contributed by atoms with Gasteiger partial charge in [-0.05, 0) is 24.5 Å². The van der Waals surface area contributed by atoms with Gasteiger partial charge in [-0.25, -0.2) is 9.97 Å². The van der Waals surface area contributed by atoms with E-state index in [4.69, 9.17) is 9.47 Å². The molecule has 1 aromatic carbocycles. The summed E-state index contributed by atoms with van der Waals surface area (Å²) in [6, 6.07) is 5.99. The van der Waals surface area contributed by atoms with Crippen molar-refractivity contribution in [3.05, 3.63) is 47.4 Å². The van der Waals surface area contributed by atoms with Crippen molar-refractivity contribution in [1.29, 1.82) is 0 Å². The lowest BCUT2D eigenvalue weighted by molar-refractivity contribution is 0.174. The van der Waals surface area contributed by atoms with E-state index in [2.05, 4.69) is 25.1 Å². The van der Waals surface area contributed by atoms with Crippen LogP contribution in [0.1, 0.15) is 16.8 Å². The molecular weight excluding hydrogens is 362 g/mol. The van der Waals surface area contributed by atoms with Gasteiger partial charge in [0.25, 0.3) is 0 Å². The summed E-state index contributed by atoms with van der Waals surface area (Å²) in [4.78, 5) is 11.2. The van der Waals surface area contributed by atoms with Gasteiger partial charge in [0.05, 0.1) is 5.69 Å². The molecule has 27 heavy (non-hydrogen) atoms. The first-order chi connectivity index (χ1) is 13.3. The predicted molar refractivity (Wildman–Crippen MR) is 102 cm³/mol. The van der Waals surface area contributed by atoms with Crippen molar-refractivity contribution in [2.75, 3.05) is 19.6 Å². The summed E-state index contributed by atoms with van der Waals surface area (Å²) in [7, 11) is 0. The highest BCUT2D eigenvalue weighted by Gasteiger charge is 2.24. The van der Waals surface area contributed by atoms with E-state index >= 15 is 0 Å². The average Bonchev–Trinajstić information content (AvgIpc) is 3.34. The normalized spacial score (nSPS) is 15.7. The van der Waals surface area contributed by atoms with Crippen LogP contribution in [0.25, 0.3) is 11.3 Å². The van der Waals surface area contributed by atoms with Crippen LogP contribution < -0.4 is 9.47 Å². The number of nitrogens with one attached hydrogen (secondary N) is 1. The van der Waals surface area contributed by atoms with Gasteiger partial charge in [0.2, 0.25) is 6.79 Å². The minimum atomic E-state index is 0.280. The molecule has 0 unspecified atom stereocenters. The van der Waals surface area contributed by atoms with Crippen molar-refractivity contribution < 1.29 is 9.47 Å². The number of aromatic nitrogens is 4. The third-order valence-electron chi connectivity index (χ3n) is 4.93. The summed E-state index contributed by atoms with van der Waals surface area (Å²) in [5.74, 6) is 1.57. The molecule has 0 saturated heterocycles. The number of aromatic amines is 1. The maximum absolute atomic E-state index is 5.51. The molecule has 0 fully saturated rings. The van der Waals surface area contributed by atoms with E-state index in [-0.39, 0.29) is 6.79 Å². The van der Waals surface area contributed by atoms with Crippen LogP contribution >= 0.6 is 11.8 Å². The van der Waals surface area contributed by atoms with Crippen molar-refractivity contribution in [3.63, 3.8) is 0 Å². The molecule has 0 bridgehead atoms. The van der Waals surface area contributed by atoms with E-state index in [1.54, 1.807) is 11.8 Å². The van der Waals surface area contributed by atoms with Gasteiger partial charge in [0.1, 0.15) is 0 Å². The topological polar surface area (TPSA) is 76.2 Å². The molecule has 7 nitrogen and oxygen atoms in total. The van der Waals surface area contributed by atoms with E-state index in [0.717, 1.165) is 59.5 Å². The minimum Gasteiger partial charge on any atom is -0.454 e. The molecule has 0 amide bonds. The Morgan fingerprint density at radius 2 is 2.04 bits per heavy atom. The number of ether oxygens (including phenoxy) is 2. The van der Waals surface area contributed by atoms with Crippen LogP contribution in [0.15, 0.2) is 35.7 Å². The van der Waals surface area contributed by atoms with Crippen LogP contribution in [-0.2, 0) is 19.5 Å². The number of rotatable bonds is 4. The molecule has 4 heterocycles. The van der Waals surface area contributed by atoms with Gasteiger partial charge in [0, 0.05) is 60.8 Å². The molecule has 8 heteroatoms. The molecule has 0 saturated carbocycles. The summed E-state index contributed by atoms with van der Waals surface area (Å²) < 4.78 is 10.9. The Bertz CT molecular complexity index is 973. The van der Waals surface area contributed by atoms with Gasteiger partial charge in [-0.1, -0.05) is 11.8 Å². The van der Waals surface area contributed by atoms with E-state index in [0.29, 0.717) is 0 Å². The maximum Gasteiger partial charge on any atom is 0.231 e. The zero-order valence-electron chi connectivity index (χ0n) is 14.9. The first kappa shape index (κ1) is 16.6. The lowest BCUT2D eigenvalue weighted by atomic mass is 10.0. The standard InChI is InChI=1S/C19H19N5O2S/c1-27-19-20-7-12(8-21-19)9-24-5-4-15-14(10-24)18(23-22-15)13-2-3-16-17(6-13)26-11-25-16/h2-3,6-8H,4-5,9-11H2,1H3,(H,22,23). The molecule has 0 spiro atoms. The maximum atomic E-state index is 5.51. The van der Waals surface area contributed by atoms with Gasteiger partial charge < -0.3 is 9.47 Å². The lowest BCUT2D eigenvalue weighted by Gasteiger charge is -2.26. The fraction of sp³-hybridized carbons (Fsp3) is 0.316. The third-order valence-corrected chi connectivity index (χ3v) is 5.50. The molecule has 0 atom stereocenters. The van der Waals surface area contributed by atoms with Gasteiger partial charge in [-0.15, -0.1) is 0 Å². The molecule has 1 N–H and O–H groups in total. The second-order valence-corrected chi connectivity index (χ2v) is 7.41. The average molecular weight is 381 g/mol. The van der Waals surface area contributed by atoms with Crippen LogP contribution in [0.5, 0.6) is 11.5 Å². The van der Waals surface area contributed by atoms with Gasteiger partial charge in [0.15, 0.2) is 16.7 Å². The highest BCUT2D eigenvalue weighted by molar-refractivity contribution is 7.98. The largest absolute Gasteiger partial charge is 0.454 e. The lowest BCUT2D eigenvalue weighted by Crippen LogP contribution is -2.30. The van der Waals surface area contributed by atoms with Gasteiger partial charge in [-0.2, -0.15) is 5.10 Å². The zero-order valence-corrected chi connectivity index (χ0v) is 15.8. The molecule has 138 valence electrons. The number of benzene rings is 1. The smallest absolute Gasteiger partial charge is 0.231 e. The first-order valence-electron chi connectivity index (χ1n) is 8.83. The van der Waals surface area contributed by atoms with Crippen LogP contribution in [0.4, 0.5) is 0 Å². The SMILES string of the molecule is CSc1ncc(CN2CCc3[nH]nc(-c4ccc5c(c4)OCO5)c3C2)cn1. The third kappa shape index (κ3) is 3.15. The first-order valence-corrected chi connectivity index (χ1v) is 10.1. The monoisotopic (exact) mass is 381 g/mol. The second kappa shape index (κ2) is 6.86. The Morgan fingerprint density at radius 3 is 2.89 bits per heavy atom. The molecule has 0 radical (unpaired) electrons. The Morgan fingerprint density at radius 1 is 1.19 bits per heavy atom. The van der Waals surface area contributed by atoms with Crippen molar-refractivity contribution in [3.8, 4) is 22.8 Å². The minimum absolute atomic E-state index is 0.280. The van der Waals surface area contributed by atoms with Crippen molar-refractivity contribution in [2.45, 2.75) is 24.7 Å². The summed E-state index contributed by atoms with van der Waals surface area (Å²) in [5, 5.41) is 8.60. The van der Waals surface area contributed by atoms with Crippen LogP contribution in [0.3, 0.4) is 0 Å².